The van der Waals surface area contributed by atoms with Gasteiger partial charge in [0.05, 0.1) is 11.9 Å². The van der Waals surface area contributed by atoms with Crippen LogP contribution in [0.3, 0.4) is 0 Å². The van der Waals surface area contributed by atoms with E-state index in [1.807, 2.05) is 6.07 Å². The normalized spacial score (nSPS) is 18.1. The van der Waals surface area contributed by atoms with E-state index in [1.165, 1.54) is 32.1 Å². The van der Waals surface area contributed by atoms with Gasteiger partial charge in [0.2, 0.25) is 0 Å². The van der Waals surface area contributed by atoms with Crippen LogP contribution in [0.25, 0.3) is 0 Å². The molecule has 4 heteroatoms. The van der Waals surface area contributed by atoms with E-state index >= 15 is 0 Å². The Morgan fingerprint density at radius 2 is 2.07 bits per heavy atom. The van der Waals surface area contributed by atoms with E-state index in [4.69, 9.17) is 11.6 Å². The molecule has 0 atom stereocenters. The molecule has 3 nitrogen and oxygen atoms in total. The summed E-state index contributed by atoms with van der Waals surface area (Å²) >= 11 is 5.75. The SMILES string of the molecule is Clc1cc(NC2CCCCC2)cnn1. The highest BCUT2D eigenvalue weighted by molar-refractivity contribution is 6.29. The molecular formula is C10H14ClN3. The number of hydrogen-bond donors (Lipinski definition) is 1. The Kier molecular flexibility index (Phi) is 3.19. The van der Waals surface area contributed by atoms with Crippen molar-refractivity contribution in [1.82, 2.24) is 10.2 Å². The highest BCUT2D eigenvalue weighted by Gasteiger charge is 2.12. The first-order chi connectivity index (χ1) is 6.84. The summed E-state index contributed by atoms with van der Waals surface area (Å²) in [4.78, 5) is 0. The van der Waals surface area contributed by atoms with Crippen LogP contribution >= 0.6 is 11.6 Å². The fraction of sp³-hybridized carbons (Fsp3) is 0.600. The molecule has 0 unspecified atom stereocenters. The van der Waals surface area contributed by atoms with Gasteiger partial charge in [-0.05, 0) is 12.8 Å². The minimum atomic E-state index is 0.450. The van der Waals surface area contributed by atoms with E-state index in [2.05, 4.69) is 15.5 Å². The summed E-state index contributed by atoms with van der Waals surface area (Å²) in [5.41, 5.74) is 0.983. The molecule has 1 fully saturated rings. The van der Waals surface area contributed by atoms with Crippen LogP contribution in [0.15, 0.2) is 12.3 Å². The van der Waals surface area contributed by atoms with Gasteiger partial charge in [-0.1, -0.05) is 30.9 Å². The minimum Gasteiger partial charge on any atom is -0.381 e. The topological polar surface area (TPSA) is 37.8 Å². The smallest absolute Gasteiger partial charge is 0.153 e. The van der Waals surface area contributed by atoms with Gasteiger partial charge >= 0.3 is 0 Å². The molecule has 0 spiro atoms. The van der Waals surface area contributed by atoms with Crippen molar-refractivity contribution in [1.29, 1.82) is 0 Å². The highest BCUT2D eigenvalue weighted by atomic mass is 35.5. The lowest BCUT2D eigenvalue weighted by Gasteiger charge is -2.23. The Morgan fingerprint density at radius 1 is 1.29 bits per heavy atom. The highest BCUT2D eigenvalue weighted by Crippen LogP contribution is 2.21. The first kappa shape index (κ1) is 9.71. The second kappa shape index (κ2) is 4.60. The van der Waals surface area contributed by atoms with Gasteiger partial charge in [-0.25, -0.2) is 0 Å². The fourth-order valence-corrected chi connectivity index (χ4v) is 2.06. The van der Waals surface area contributed by atoms with Crippen LogP contribution in [-0.4, -0.2) is 16.2 Å². The molecule has 1 N–H and O–H groups in total. The Labute approximate surface area is 88.9 Å². The lowest BCUT2D eigenvalue weighted by Crippen LogP contribution is -2.22. The van der Waals surface area contributed by atoms with E-state index in [0.29, 0.717) is 11.2 Å². The molecule has 1 heterocycles. The molecule has 1 aromatic rings. The van der Waals surface area contributed by atoms with Crippen molar-refractivity contribution in [2.75, 3.05) is 5.32 Å². The van der Waals surface area contributed by atoms with Crippen molar-refractivity contribution in [3.05, 3.63) is 17.4 Å². The summed E-state index contributed by atoms with van der Waals surface area (Å²) in [6.45, 7) is 0. The standard InChI is InChI=1S/C10H14ClN3/c11-10-6-9(7-12-14-10)13-8-4-2-1-3-5-8/h6-8H,1-5H2,(H,13,14). The number of aromatic nitrogens is 2. The number of nitrogens with one attached hydrogen (secondary N) is 1. The van der Waals surface area contributed by atoms with Gasteiger partial charge in [-0.3, -0.25) is 0 Å². The van der Waals surface area contributed by atoms with Crippen molar-refractivity contribution >= 4 is 17.3 Å². The van der Waals surface area contributed by atoms with E-state index in [1.54, 1.807) is 6.20 Å². The Balaban J connectivity index is 1.95. The molecule has 0 aliphatic heterocycles. The molecule has 0 amide bonds. The van der Waals surface area contributed by atoms with Crippen LogP contribution in [0.2, 0.25) is 5.15 Å². The number of rotatable bonds is 2. The second-order valence-electron chi connectivity index (χ2n) is 3.75. The van der Waals surface area contributed by atoms with Crippen molar-refractivity contribution in [2.45, 2.75) is 38.1 Å². The summed E-state index contributed by atoms with van der Waals surface area (Å²) in [6, 6.07) is 2.41. The van der Waals surface area contributed by atoms with Crippen LogP contribution < -0.4 is 5.32 Å². The van der Waals surface area contributed by atoms with Crippen molar-refractivity contribution < 1.29 is 0 Å². The van der Waals surface area contributed by atoms with Crippen molar-refractivity contribution in [3.8, 4) is 0 Å². The Morgan fingerprint density at radius 3 is 2.79 bits per heavy atom. The lowest BCUT2D eigenvalue weighted by molar-refractivity contribution is 0.462. The molecular weight excluding hydrogens is 198 g/mol. The molecule has 0 saturated heterocycles. The zero-order valence-corrected chi connectivity index (χ0v) is 8.80. The number of nitrogens with zero attached hydrogens (tertiary/aromatic N) is 2. The molecule has 1 aliphatic rings. The maximum Gasteiger partial charge on any atom is 0.153 e. The van der Waals surface area contributed by atoms with Crippen molar-refractivity contribution in [2.24, 2.45) is 0 Å². The van der Waals surface area contributed by atoms with Crippen LogP contribution in [0, 0.1) is 0 Å². The number of halogens is 1. The maximum atomic E-state index is 5.75. The summed E-state index contributed by atoms with van der Waals surface area (Å²) in [5, 5.41) is 11.4. The van der Waals surface area contributed by atoms with Gasteiger partial charge in [0.1, 0.15) is 0 Å². The largest absolute Gasteiger partial charge is 0.381 e. The third kappa shape index (κ3) is 2.58. The van der Waals surface area contributed by atoms with Crippen LogP contribution in [0.4, 0.5) is 5.69 Å². The van der Waals surface area contributed by atoms with Crippen molar-refractivity contribution in [3.63, 3.8) is 0 Å². The van der Waals surface area contributed by atoms with Gasteiger partial charge in [0.15, 0.2) is 5.15 Å². The minimum absolute atomic E-state index is 0.450. The van der Waals surface area contributed by atoms with Gasteiger partial charge in [-0.2, -0.15) is 5.10 Å². The first-order valence-corrected chi connectivity index (χ1v) is 5.47. The molecule has 0 radical (unpaired) electrons. The average molecular weight is 212 g/mol. The number of hydrogen-bond acceptors (Lipinski definition) is 3. The van der Waals surface area contributed by atoms with Crippen LogP contribution in [0.5, 0.6) is 0 Å². The zero-order valence-electron chi connectivity index (χ0n) is 8.04. The molecule has 0 aromatic carbocycles. The Hall–Kier alpha value is -0.830. The second-order valence-corrected chi connectivity index (χ2v) is 4.13. The maximum absolute atomic E-state index is 5.75. The predicted octanol–water partition coefficient (Wildman–Crippen LogP) is 2.87. The van der Waals surface area contributed by atoms with Gasteiger partial charge < -0.3 is 5.32 Å². The van der Waals surface area contributed by atoms with Gasteiger partial charge in [0, 0.05) is 12.1 Å². The summed E-state index contributed by atoms with van der Waals surface area (Å²) in [7, 11) is 0. The number of anilines is 1. The predicted molar refractivity (Wildman–Crippen MR) is 57.5 cm³/mol. The summed E-state index contributed by atoms with van der Waals surface area (Å²) in [6.07, 6.45) is 8.24. The summed E-state index contributed by atoms with van der Waals surface area (Å²) < 4.78 is 0. The van der Waals surface area contributed by atoms with E-state index in [-0.39, 0.29) is 0 Å². The average Bonchev–Trinajstić information content (AvgIpc) is 2.19. The monoisotopic (exact) mass is 211 g/mol. The molecule has 1 saturated carbocycles. The summed E-state index contributed by atoms with van der Waals surface area (Å²) in [5.74, 6) is 0. The zero-order chi connectivity index (χ0) is 9.80. The van der Waals surface area contributed by atoms with Crippen LogP contribution in [0.1, 0.15) is 32.1 Å². The van der Waals surface area contributed by atoms with Crippen LogP contribution in [-0.2, 0) is 0 Å². The Bertz CT molecular complexity index is 297. The van der Waals surface area contributed by atoms with E-state index in [0.717, 1.165) is 5.69 Å². The molecule has 1 aromatic heterocycles. The van der Waals surface area contributed by atoms with Gasteiger partial charge in [0.25, 0.3) is 0 Å². The molecule has 0 bridgehead atoms. The van der Waals surface area contributed by atoms with E-state index in [9.17, 15) is 0 Å². The third-order valence-corrected chi connectivity index (χ3v) is 2.79. The molecule has 76 valence electrons. The lowest BCUT2D eigenvalue weighted by atomic mass is 9.95. The quantitative estimate of drug-likeness (QED) is 0.818. The fourth-order valence-electron chi connectivity index (χ4n) is 1.90. The molecule has 2 rings (SSSR count). The molecule has 14 heavy (non-hydrogen) atoms. The molecule has 1 aliphatic carbocycles. The first-order valence-electron chi connectivity index (χ1n) is 5.09. The van der Waals surface area contributed by atoms with Gasteiger partial charge in [-0.15, -0.1) is 5.10 Å². The third-order valence-electron chi connectivity index (χ3n) is 2.60. The van der Waals surface area contributed by atoms with E-state index < -0.39 is 0 Å².